The summed E-state index contributed by atoms with van der Waals surface area (Å²) < 4.78 is 9.95. The molecule has 3 aromatic heterocycles. The Morgan fingerprint density at radius 2 is 1.91 bits per heavy atom. The molecular weight excluding hydrogens is 561 g/mol. The first-order chi connectivity index (χ1) is 16.9. The van der Waals surface area contributed by atoms with Crippen LogP contribution in [-0.2, 0) is 6.54 Å². The second-order valence-electron chi connectivity index (χ2n) is 9.41. The molecular formula is C25H24IN5O4. The number of carbonyl (C=O) groups is 1. The lowest BCUT2D eigenvalue weighted by Gasteiger charge is -2.38. The molecule has 1 amide bonds. The van der Waals surface area contributed by atoms with Crippen molar-refractivity contribution >= 4 is 39.5 Å². The van der Waals surface area contributed by atoms with Gasteiger partial charge in [0.05, 0.1) is 27.4 Å². The highest BCUT2D eigenvalue weighted by Crippen LogP contribution is 2.39. The maximum absolute atomic E-state index is 13.3. The van der Waals surface area contributed by atoms with E-state index < -0.39 is 5.60 Å². The van der Waals surface area contributed by atoms with Crippen LogP contribution in [0.25, 0.3) is 16.7 Å². The van der Waals surface area contributed by atoms with E-state index in [1.54, 1.807) is 4.90 Å². The minimum Gasteiger partial charge on any atom is -0.435 e. The molecule has 35 heavy (non-hydrogen) atoms. The predicted octanol–water partition coefficient (Wildman–Crippen LogP) is 3.32. The average molecular weight is 585 g/mol. The molecule has 9 nitrogen and oxygen atoms in total. The molecule has 2 aliphatic rings. The van der Waals surface area contributed by atoms with E-state index in [9.17, 15) is 14.7 Å². The van der Waals surface area contributed by atoms with Gasteiger partial charge in [-0.25, -0.2) is 9.97 Å². The number of piperidine rings is 1. The maximum atomic E-state index is 13.3. The molecule has 0 radical (unpaired) electrons. The summed E-state index contributed by atoms with van der Waals surface area (Å²) in [5, 5.41) is 11.8. The lowest BCUT2D eigenvalue weighted by molar-refractivity contribution is -0.0304. The van der Waals surface area contributed by atoms with Gasteiger partial charge in [0.2, 0.25) is 5.76 Å². The lowest BCUT2D eigenvalue weighted by atomic mass is 9.91. The summed E-state index contributed by atoms with van der Waals surface area (Å²) >= 11 is 2.20. The quantitative estimate of drug-likeness (QED) is 0.361. The summed E-state index contributed by atoms with van der Waals surface area (Å²) in [6.07, 6.45) is 5.83. The van der Waals surface area contributed by atoms with Crippen LogP contribution in [0.5, 0.6) is 0 Å². The summed E-state index contributed by atoms with van der Waals surface area (Å²) in [5.74, 6) is 1.03. The van der Waals surface area contributed by atoms with E-state index in [4.69, 9.17) is 4.42 Å². The van der Waals surface area contributed by atoms with Gasteiger partial charge in [-0.05, 0) is 66.5 Å². The van der Waals surface area contributed by atoms with Crippen molar-refractivity contribution in [3.05, 3.63) is 74.6 Å². The summed E-state index contributed by atoms with van der Waals surface area (Å²) in [6, 6.07) is 11.6. The first kappa shape index (κ1) is 22.5. The summed E-state index contributed by atoms with van der Waals surface area (Å²) in [5.41, 5.74) is 0.227. The molecule has 1 saturated carbocycles. The van der Waals surface area contributed by atoms with Crippen molar-refractivity contribution in [2.45, 2.75) is 43.7 Å². The normalized spacial score (nSPS) is 17.7. The van der Waals surface area contributed by atoms with E-state index in [2.05, 4.69) is 32.6 Å². The van der Waals surface area contributed by atoms with Gasteiger partial charge in [-0.1, -0.05) is 18.2 Å². The van der Waals surface area contributed by atoms with Crippen LogP contribution in [0, 0.1) is 3.70 Å². The van der Waals surface area contributed by atoms with Crippen LogP contribution in [0.4, 0.5) is 0 Å². The average Bonchev–Trinajstić information content (AvgIpc) is 3.49. The van der Waals surface area contributed by atoms with Crippen molar-refractivity contribution in [2.24, 2.45) is 0 Å². The zero-order valence-corrected chi connectivity index (χ0v) is 21.1. The molecule has 1 aromatic carbocycles. The molecule has 1 aliphatic carbocycles. The highest BCUT2D eigenvalue weighted by Gasteiger charge is 2.36. The number of aliphatic hydroxyl groups is 1. The SMILES string of the molecule is O=C(c1cnc(C2CC2)o1)N1CCC(O)(Cn2cnc3c(cc(I)n3-c3ccccc3)c2=O)CC1. The third-order valence-electron chi connectivity index (χ3n) is 6.86. The maximum Gasteiger partial charge on any atom is 0.291 e. The topological polar surface area (TPSA) is 106 Å². The highest BCUT2D eigenvalue weighted by atomic mass is 127. The largest absolute Gasteiger partial charge is 0.435 e. The minimum absolute atomic E-state index is 0.123. The monoisotopic (exact) mass is 585 g/mol. The van der Waals surface area contributed by atoms with Gasteiger partial charge >= 0.3 is 0 Å². The molecule has 1 N–H and O–H groups in total. The van der Waals surface area contributed by atoms with E-state index in [1.165, 1.54) is 17.1 Å². The molecule has 0 unspecified atom stereocenters. The van der Waals surface area contributed by atoms with Gasteiger partial charge < -0.3 is 14.4 Å². The zero-order chi connectivity index (χ0) is 24.2. The van der Waals surface area contributed by atoms with Crippen LogP contribution < -0.4 is 5.56 Å². The number of hydrogen-bond donors (Lipinski definition) is 1. The number of para-hydroxylation sites is 1. The number of amides is 1. The fourth-order valence-electron chi connectivity index (χ4n) is 4.68. The Bertz CT molecular complexity index is 1460. The van der Waals surface area contributed by atoms with Crippen LogP contribution in [0.1, 0.15) is 48.0 Å². The van der Waals surface area contributed by atoms with Crippen molar-refractivity contribution in [2.75, 3.05) is 13.1 Å². The molecule has 1 saturated heterocycles. The molecule has 180 valence electrons. The van der Waals surface area contributed by atoms with Gasteiger partial charge in [0.25, 0.3) is 11.5 Å². The number of rotatable bonds is 5. The van der Waals surface area contributed by atoms with Crippen LogP contribution in [0.2, 0.25) is 0 Å². The number of carbonyl (C=O) groups excluding carboxylic acids is 1. The molecule has 6 rings (SSSR count). The summed E-state index contributed by atoms with van der Waals surface area (Å²) in [6.45, 7) is 0.876. The first-order valence-corrected chi connectivity index (χ1v) is 12.8. The van der Waals surface area contributed by atoms with Crippen molar-refractivity contribution in [3.8, 4) is 5.69 Å². The van der Waals surface area contributed by atoms with Crippen LogP contribution in [0.3, 0.4) is 0 Å². The smallest absolute Gasteiger partial charge is 0.291 e. The Labute approximate surface area is 214 Å². The van der Waals surface area contributed by atoms with E-state index in [-0.39, 0.29) is 23.8 Å². The molecule has 0 atom stereocenters. The number of hydrogen-bond acceptors (Lipinski definition) is 6. The Hall–Kier alpha value is -2.99. The van der Waals surface area contributed by atoms with E-state index in [0.717, 1.165) is 22.2 Å². The van der Waals surface area contributed by atoms with Crippen LogP contribution >= 0.6 is 22.6 Å². The number of fused-ring (bicyclic) bond motifs is 1. The van der Waals surface area contributed by atoms with Gasteiger partial charge in [-0.3, -0.25) is 18.7 Å². The summed E-state index contributed by atoms with van der Waals surface area (Å²) in [7, 11) is 0. The molecule has 0 bridgehead atoms. The molecule has 4 heterocycles. The molecule has 10 heteroatoms. The van der Waals surface area contributed by atoms with Crippen LogP contribution in [0.15, 0.2) is 58.1 Å². The van der Waals surface area contributed by atoms with Crippen molar-refractivity contribution in [1.82, 2.24) is 24.0 Å². The van der Waals surface area contributed by atoms with Gasteiger partial charge in [0.15, 0.2) is 11.5 Å². The number of halogens is 1. The Kier molecular flexibility index (Phi) is 5.52. The van der Waals surface area contributed by atoms with Gasteiger partial charge in [-0.2, -0.15) is 0 Å². The van der Waals surface area contributed by atoms with Crippen molar-refractivity contribution < 1.29 is 14.3 Å². The van der Waals surface area contributed by atoms with Gasteiger partial charge in [0, 0.05) is 24.7 Å². The molecule has 4 aromatic rings. The van der Waals surface area contributed by atoms with E-state index >= 15 is 0 Å². The second kappa shape index (κ2) is 8.59. The Balaban J connectivity index is 1.18. The number of likely N-dealkylation sites (tertiary alicyclic amines) is 1. The third kappa shape index (κ3) is 4.18. The minimum atomic E-state index is -1.11. The first-order valence-electron chi connectivity index (χ1n) is 11.7. The number of aromatic nitrogens is 4. The number of benzene rings is 1. The van der Waals surface area contributed by atoms with Crippen molar-refractivity contribution in [3.63, 3.8) is 0 Å². The summed E-state index contributed by atoms with van der Waals surface area (Å²) in [4.78, 5) is 36.6. The van der Waals surface area contributed by atoms with Crippen LogP contribution in [-0.4, -0.2) is 53.7 Å². The van der Waals surface area contributed by atoms with Crippen molar-refractivity contribution in [1.29, 1.82) is 0 Å². The Morgan fingerprint density at radius 3 is 2.63 bits per heavy atom. The predicted molar refractivity (Wildman–Crippen MR) is 137 cm³/mol. The number of nitrogens with zero attached hydrogens (tertiary/aromatic N) is 5. The van der Waals surface area contributed by atoms with E-state index in [0.29, 0.717) is 48.8 Å². The molecule has 0 spiro atoms. The molecule has 1 aliphatic heterocycles. The fraction of sp³-hybridized carbons (Fsp3) is 0.360. The van der Waals surface area contributed by atoms with Gasteiger partial charge in [-0.15, -0.1) is 0 Å². The van der Waals surface area contributed by atoms with Gasteiger partial charge in [0.1, 0.15) is 6.33 Å². The standard InChI is InChI=1S/C25H24IN5O4/c26-20-12-18-21(31(20)17-4-2-1-3-5-17)28-15-30(23(18)32)14-25(34)8-10-29(11-9-25)24(33)19-13-27-22(35-19)16-6-7-16/h1-5,12-13,15-16,34H,6-11,14H2. The number of oxazole rings is 1. The third-order valence-corrected chi connectivity index (χ3v) is 7.66. The lowest BCUT2D eigenvalue weighted by Crippen LogP contribution is -2.49. The highest BCUT2D eigenvalue weighted by molar-refractivity contribution is 14.1. The second-order valence-corrected chi connectivity index (χ2v) is 10.5. The fourth-order valence-corrected chi connectivity index (χ4v) is 5.50. The van der Waals surface area contributed by atoms with E-state index in [1.807, 2.05) is 41.0 Å². The zero-order valence-electron chi connectivity index (χ0n) is 18.9. The molecule has 2 fully saturated rings. The Morgan fingerprint density at radius 1 is 1.17 bits per heavy atom.